The Morgan fingerprint density at radius 1 is 1.15 bits per heavy atom. The van der Waals surface area contributed by atoms with Crippen LogP contribution < -0.4 is 9.46 Å². The highest BCUT2D eigenvalue weighted by atomic mass is 32.2. The van der Waals surface area contributed by atoms with Crippen LogP contribution in [0.15, 0.2) is 59.9 Å². The first-order valence-electron chi connectivity index (χ1n) is 8.09. The molecule has 0 amide bonds. The third kappa shape index (κ3) is 4.40. The summed E-state index contributed by atoms with van der Waals surface area (Å²) in [6.07, 6.45) is 3.66. The van der Waals surface area contributed by atoms with Gasteiger partial charge in [0.2, 0.25) is 5.88 Å². The first kappa shape index (κ1) is 17.9. The van der Waals surface area contributed by atoms with Crippen LogP contribution in [0.4, 0.5) is 5.69 Å². The molecule has 3 rings (SSSR count). The van der Waals surface area contributed by atoms with E-state index in [-0.39, 0.29) is 5.03 Å². The van der Waals surface area contributed by atoms with Crippen LogP contribution in [0, 0.1) is 6.92 Å². The number of pyridine rings is 1. The van der Waals surface area contributed by atoms with E-state index in [1.165, 1.54) is 18.0 Å². The average Bonchev–Trinajstić information content (AvgIpc) is 2.97. The van der Waals surface area contributed by atoms with Gasteiger partial charge in [-0.15, -0.1) is 0 Å². The summed E-state index contributed by atoms with van der Waals surface area (Å²) in [5.74, 6) is 1.06. The minimum absolute atomic E-state index is 0.0271. The summed E-state index contributed by atoms with van der Waals surface area (Å²) < 4.78 is 34.4. The maximum atomic E-state index is 12.3. The second-order valence-electron chi connectivity index (χ2n) is 5.81. The number of hydrogen-bond acceptors (Lipinski definition) is 5. The lowest BCUT2D eigenvalue weighted by Gasteiger charge is -2.08. The van der Waals surface area contributed by atoms with Crippen molar-refractivity contribution in [2.45, 2.75) is 18.4 Å². The quantitative estimate of drug-likeness (QED) is 0.689. The van der Waals surface area contributed by atoms with Gasteiger partial charge in [-0.05, 0) is 18.6 Å². The highest BCUT2D eigenvalue weighted by molar-refractivity contribution is 7.92. The maximum Gasteiger partial charge on any atom is 0.281 e. The summed E-state index contributed by atoms with van der Waals surface area (Å²) in [5, 5.41) is -0.0271. The number of ether oxygens (including phenoxy) is 1. The lowest BCUT2D eigenvalue weighted by molar-refractivity contribution is 0.309. The maximum absolute atomic E-state index is 12.3. The molecule has 0 saturated heterocycles. The van der Waals surface area contributed by atoms with Gasteiger partial charge in [-0.25, -0.2) is 9.97 Å². The molecule has 2 aromatic heterocycles. The van der Waals surface area contributed by atoms with Crippen LogP contribution in [0.25, 0.3) is 0 Å². The van der Waals surface area contributed by atoms with E-state index in [9.17, 15) is 8.42 Å². The van der Waals surface area contributed by atoms with E-state index in [1.807, 2.05) is 30.3 Å². The summed E-state index contributed by atoms with van der Waals surface area (Å²) >= 11 is 0. The number of aryl methyl sites for hydroxylation is 2. The number of nitrogens with one attached hydrogen (secondary N) is 1. The Hall–Kier alpha value is -2.87. The molecule has 0 fully saturated rings. The molecule has 7 nitrogen and oxygen atoms in total. The van der Waals surface area contributed by atoms with E-state index in [0.717, 1.165) is 6.42 Å². The van der Waals surface area contributed by atoms with Gasteiger partial charge in [-0.1, -0.05) is 30.3 Å². The molecular weight excluding hydrogens is 352 g/mol. The van der Waals surface area contributed by atoms with Gasteiger partial charge in [0, 0.05) is 25.7 Å². The Morgan fingerprint density at radius 2 is 1.92 bits per heavy atom. The zero-order valence-electron chi connectivity index (χ0n) is 14.6. The molecule has 0 bridgehead atoms. The molecule has 0 spiro atoms. The molecule has 0 aliphatic carbocycles. The van der Waals surface area contributed by atoms with E-state index >= 15 is 0 Å². The molecule has 2 heterocycles. The number of imidazole rings is 1. The second-order valence-corrected chi connectivity index (χ2v) is 7.44. The molecule has 136 valence electrons. The molecule has 26 heavy (non-hydrogen) atoms. The van der Waals surface area contributed by atoms with Crippen LogP contribution in [-0.4, -0.2) is 29.6 Å². The summed E-state index contributed by atoms with van der Waals surface area (Å²) in [7, 11) is -2.00. The summed E-state index contributed by atoms with van der Waals surface area (Å²) in [5.41, 5.74) is 1.53. The van der Waals surface area contributed by atoms with E-state index in [1.54, 1.807) is 30.7 Å². The molecular formula is C18H20N4O3S. The Morgan fingerprint density at radius 3 is 2.54 bits per heavy atom. The van der Waals surface area contributed by atoms with Crippen LogP contribution in [0.5, 0.6) is 5.88 Å². The standard InChI is InChI=1S/C18H20N4O3S/c1-14-20-18(13-22(14)2)26(23,24)21-16-8-9-17(19-12-16)25-11-10-15-6-4-3-5-7-15/h3-9,12-13,21H,10-11H2,1-2H3. The van der Waals surface area contributed by atoms with Gasteiger partial charge in [-0.2, -0.15) is 8.42 Å². The van der Waals surface area contributed by atoms with Gasteiger partial charge < -0.3 is 9.30 Å². The van der Waals surface area contributed by atoms with Crippen LogP contribution >= 0.6 is 0 Å². The fourth-order valence-electron chi connectivity index (χ4n) is 2.31. The topological polar surface area (TPSA) is 86.1 Å². The highest BCUT2D eigenvalue weighted by Crippen LogP contribution is 2.17. The number of nitrogens with zero attached hydrogens (tertiary/aromatic N) is 3. The SMILES string of the molecule is Cc1nc(S(=O)(=O)Nc2ccc(OCCc3ccccc3)nc2)cn1C. The van der Waals surface area contributed by atoms with E-state index in [4.69, 9.17) is 4.74 Å². The number of sulfonamides is 1. The Balaban J connectivity index is 1.59. The van der Waals surface area contributed by atoms with Crippen molar-refractivity contribution >= 4 is 15.7 Å². The van der Waals surface area contributed by atoms with E-state index in [0.29, 0.717) is 24.0 Å². The van der Waals surface area contributed by atoms with Crippen molar-refractivity contribution in [2.75, 3.05) is 11.3 Å². The average molecular weight is 372 g/mol. The number of benzene rings is 1. The summed E-state index contributed by atoms with van der Waals surface area (Å²) in [6.45, 7) is 2.23. The van der Waals surface area contributed by atoms with Crippen LogP contribution in [-0.2, 0) is 23.5 Å². The predicted octanol–water partition coefficient (Wildman–Crippen LogP) is 2.55. The Bertz CT molecular complexity index is 948. The fourth-order valence-corrected chi connectivity index (χ4v) is 3.39. The predicted molar refractivity (Wildman–Crippen MR) is 98.6 cm³/mol. The number of hydrogen-bond donors (Lipinski definition) is 1. The summed E-state index contributed by atoms with van der Waals surface area (Å²) in [4.78, 5) is 8.17. The molecule has 0 atom stereocenters. The minimum Gasteiger partial charge on any atom is -0.477 e. The minimum atomic E-state index is -3.74. The fraction of sp³-hybridized carbons (Fsp3) is 0.222. The molecule has 0 aliphatic heterocycles. The number of anilines is 1. The zero-order valence-corrected chi connectivity index (χ0v) is 15.4. The first-order chi connectivity index (χ1) is 12.4. The molecule has 8 heteroatoms. The van der Waals surface area contributed by atoms with Crippen molar-refractivity contribution < 1.29 is 13.2 Å². The summed E-state index contributed by atoms with van der Waals surface area (Å²) in [6, 6.07) is 13.2. The van der Waals surface area contributed by atoms with Gasteiger partial charge in [0.1, 0.15) is 5.82 Å². The van der Waals surface area contributed by atoms with Crippen molar-refractivity contribution in [3.63, 3.8) is 0 Å². The van der Waals surface area contributed by atoms with Gasteiger partial charge in [0.05, 0.1) is 18.5 Å². The zero-order chi connectivity index (χ0) is 18.6. The van der Waals surface area contributed by atoms with Crippen LogP contribution in [0.1, 0.15) is 11.4 Å². The molecule has 1 aromatic carbocycles. The van der Waals surface area contributed by atoms with Crippen molar-refractivity contribution in [3.8, 4) is 5.88 Å². The van der Waals surface area contributed by atoms with Crippen LogP contribution in [0.3, 0.4) is 0 Å². The molecule has 0 radical (unpaired) electrons. The van der Waals surface area contributed by atoms with E-state index in [2.05, 4.69) is 14.7 Å². The molecule has 0 unspecified atom stereocenters. The molecule has 3 aromatic rings. The van der Waals surface area contributed by atoms with Crippen LogP contribution in [0.2, 0.25) is 0 Å². The number of rotatable bonds is 7. The lowest BCUT2D eigenvalue weighted by Crippen LogP contribution is -2.13. The monoisotopic (exact) mass is 372 g/mol. The second kappa shape index (κ2) is 7.57. The Labute approximate surface area is 152 Å². The third-order valence-electron chi connectivity index (χ3n) is 3.83. The first-order valence-corrected chi connectivity index (χ1v) is 9.58. The van der Waals surface area contributed by atoms with E-state index < -0.39 is 10.0 Å². The van der Waals surface area contributed by atoms with Crippen molar-refractivity contribution in [2.24, 2.45) is 7.05 Å². The Kier molecular flexibility index (Phi) is 5.22. The van der Waals surface area contributed by atoms with Gasteiger partial charge >= 0.3 is 0 Å². The molecule has 0 aliphatic rings. The lowest BCUT2D eigenvalue weighted by atomic mass is 10.2. The van der Waals surface area contributed by atoms with Crippen molar-refractivity contribution in [3.05, 3.63) is 66.2 Å². The molecule has 1 N–H and O–H groups in total. The van der Waals surface area contributed by atoms with Gasteiger partial charge in [-0.3, -0.25) is 4.72 Å². The third-order valence-corrected chi connectivity index (χ3v) is 5.09. The van der Waals surface area contributed by atoms with Gasteiger partial charge in [0.25, 0.3) is 10.0 Å². The smallest absolute Gasteiger partial charge is 0.281 e. The highest BCUT2D eigenvalue weighted by Gasteiger charge is 2.18. The van der Waals surface area contributed by atoms with Gasteiger partial charge in [0.15, 0.2) is 5.03 Å². The number of aromatic nitrogens is 3. The largest absolute Gasteiger partial charge is 0.477 e. The molecule has 0 saturated carbocycles. The van der Waals surface area contributed by atoms with Crippen molar-refractivity contribution in [1.29, 1.82) is 0 Å². The van der Waals surface area contributed by atoms with Crippen molar-refractivity contribution in [1.82, 2.24) is 14.5 Å². The normalized spacial score (nSPS) is 11.3.